The number of rotatable bonds is 4. The predicted octanol–water partition coefficient (Wildman–Crippen LogP) is 5.09. The lowest BCUT2D eigenvalue weighted by Crippen LogP contribution is -2.34. The smallest absolute Gasteiger partial charge is 0.258 e. The Hall–Kier alpha value is -1.72. The highest BCUT2D eigenvalue weighted by atomic mass is 79.9. The van der Waals surface area contributed by atoms with Crippen LogP contribution in [0.1, 0.15) is 42.1 Å². The van der Waals surface area contributed by atoms with Crippen molar-refractivity contribution in [2.75, 3.05) is 5.32 Å². The number of carbonyl (C=O) groups excluding carboxylic acids is 1. The van der Waals surface area contributed by atoms with Gasteiger partial charge >= 0.3 is 0 Å². The highest BCUT2D eigenvalue weighted by Crippen LogP contribution is 2.20. The van der Waals surface area contributed by atoms with Crippen molar-refractivity contribution < 1.29 is 4.79 Å². The van der Waals surface area contributed by atoms with Gasteiger partial charge in [0.1, 0.15) is 0 Å². The molecule has 1 atom stereocenters. The summed E-state index contributed by atoms with van der Waals surface area (Å²) in [7, 11) is 0. The van der Waals surface area contributed by atoms with E-state index in [1.165, 1.54) is 5.56 Å². The van der Waals surface area contributed by atoms with E-state index in [0.29, 0.717) is 11.5 Å². The maximum absolute atomic E-state index is 12.2. The average molecular weight is 391 g/mol. The summed E-state index contributed by atoms with van der Waals surface area (Å²) in [5.41, 5.74) is 2.69. The number of anilines is 1. The fraction of sp³-hybridized carbons (Fsp3) is 0.222. The molecule has 23 heavy (non-hydrogen) atoms. The van der Waals surface area contributed by atoms with Crippen LogP contribution in [0.25, 0.3) is 0 Å². The Kier molecular flexibility index (Phi) is 6.30. The molecule has 0 aliphatic heterocycles. The molecule has 0 heterocycles. The molecule has 0 unspecified atom stereocenters. The molecule has 2 aromatic carbocycles. The van der Waals surface area contributed by atoms with Crippen molar-refractivity contribution in [3.8, 4) is 0 Å². The van der Waals surface area contributed by atoms with Crippen LogP contribution in [0.15, 0.2) is 53.0 Å². The van der Waals surface area contributed by atoms with Crippen LogP contribution in [-0.2, 0) is 0 Å². The van der Waals surface area contributed by atoms with Gasteiger partial charge in [0.05, 0.1) is 5.56 Å². The van der Waals surface area contributed by atoms with Gasteiger partial charge in [0.25, 0.3) is 5.91 Å². The van der Waals surface area contributed by atoms with Crippen molar-refractivity contribution in [3.05, 3.63) is 64.1 Å². The molecule has 0 aliphatic rings. The third-order valence-electron chi connectivity index (χ3n) is 3.70. The van der Waals surface area contributed by atoms with Gasteiger partial charge < -0.3 is 5.32 Å². The molecule has 0 bridgehead atoms. The van der Waals surface area contributed by atoms with Crippen LogP contribution in [0.4, 0.5) is 5.69 Å². The van der Waals surface area contributed by atoms with Crippen molar-refractivity contribution in [2.24, 2.45) is 0 Å². The Balaban J connectivity index is 1.97. The van der Waals surface area contributed by atoms with Gasteiger partial charge in [-0.25, -0.2) is 0 Å². The topological polar surface area (TPSA) is 41.1 Å². The first-order chi connectivity index (χ1) is 11.0. The van der Waals surface area contributed by atoms with E-state index in [1.807, 2.05) is 30.3 Å². The van der Waals surface area contributed by atoms with Crippen LogP contribution < -0.4 is 10.6 Å². The fourth-order valence-electron chi connectivity index (χ4n) is 2.11. The number of thiocarbonyl (C=S) groups is 1. The molecule has 0 saturated carbocycles. The minimum absolute atomic E-state index is 0.244. The SMILES string of the molecule is CC[C@H](C)c1ccc(NC(=S)NC(=O)c2ccccc2Br)cc1. The van der Waals surface area contributed by atoms with Crippen LogP contribution in [0.3, 0.4) is 0 Å². The minimum Gasteiger partial charge on any atom is -0.332 e. The Morgan fingerprint density at radius 1 is 1.17 bits per heavy atom. The van der Waals surface area contributed by atoms with Gasteiger partial charge in [-0.3, -0.25) is 10.1 Å². The van der Waals surface area contributed by atoms with Gasteiger partial charge in [-0.05, 0) is 70.3 Å². The second-order valence-corrected chi connectivity index (χ2v) is 6.58. The van der Waals surface area contributed by atoms with Gasteiger partial charge in [-0.1, -0.05) is 38.1 Å². The molecule has 0 aliphatic carbocycles. The van der Waals surface area contributed by atoms with Crippen molar-refractivity contribution in [1.82, 2.24) is 5.32 Å². The Labute approximate surface area is 150 Å². The van der Waals surface area contributed by atoms with Crippen molar-refractivity contribution in [1.29, 1.82) is 0 Å². The molecular weight excluding hydrogens is 372 g/mol. The average Bonchev–Trinajstić information content (AvgIpc) is 2.55. The first kappa shape index (κ1) is 17.6. The molecule has 2 aromatic rings. The largest absolute Gasteiger partial charge is 0.332 e. The van der Waals surface area contributed by atoms with E-state index in [2.05, 4.69) is 52.5 Å². The number of amides is 1. The molecule has 0 saturated heterocycles. The molecule has 0 spiro atoms. The van der Waals surface area contributed by atoms with E-state index in [1.54, 1.807) is 6.07 Å². The Morgan fingerprint density at radius 2 is 1.83 bits per heavy atom. The number of hydrogen-bond donors (Lipinski definition) is 2. The summed E-state index contributed by atoms with van der Waals surface area (Å²) in [5.74, 6) is 0.289. The molecule has 5 heteroatoms. The molecular formula is C18H19BrN2OS. The standard InChI is InChI=1S/C18H19BrN2OS/c1-3-12(2)13-8-10-14(11-9-13)20-18(23)21-17(22)15-6-4-5-7-16(15)19/h4-12H,3H2,1-2H3,(H2,20,21,22,23)/t12-/m0/s1. The zero-order chi connectivity index (χ0) is 16.8. The van der Waals surface area contributed by atoms with Crippen molar-refractivity contribution in [3.63, 3.8) is 0 Å². The van der Waals surface area contributed by atoms with Crippen molar-refractivity contribution in [2.45, 2.75) is 26.2 Å². The van der Waals surface area contributed by atoms with E-state index in [4.69, 9.17) is 12.2 Å². The Morgan fingerprint density at radius 3 is 2.43 bits per heavy atom. The molecule has 2 N–H and O–H groups in total. The van der Waals surface area contributed by atoms with Gasteiger partial charge in [-0.15, -0.1) is 0 Å². The molecule has 0 radical (unpaired) electrons. The first-order valence-electron chi connectivity index (χ1n) is 7.48. The second kappa shape index (κ2) is 8.22. The van der Waals surface area contributed by atoms with Crippen molar-refractivity contribution >= 4 is 44.9 Å². The fourth-order valence-corrected chi connectivity index (χ4v) is 2.78. The summed E-state index contributed by atoms with van der Waals surface area (Å²) in [6, 6.07) is 15.3. The molecule has 0 aromatic heterocycles. The number of benzene rings is 2. The quantitative estimate of drug-likeness (QED) is 0.714. The maximum Gasteiger partial charge on any atom is 0.258 e. The van der Waals surface area contributed by atoms with Crippen LogP contribution in [0.5, 0.6) is 0 Å². The second-order valence-electron chi connectivity index (χ2n) is 5.32. The summed E-state index contributed by atoms with van der Waals surface area (Å²) in [6.45, 7) is 4.37. The molecule has 3 nitrogen and oxygen atoms in total. The number of carbonyl (C=O) groups is 1. The summed E-state index contributed by atoms with van der Waals surface area (Å²) >= 11 is 8.56. The zero-order valence-electron chi connectivity index (χ0n) is 13.1. The van der Waals surface area contributed by atoms with Gasteiger partial charge in [0, 0.05) is 10.2 Å². The number of nitrogens with one attached hydrogen (secondary N) is 2. The van der Waals surface area contributed by atoms with E-state index < -0.39 is 0 Å². The lowest BCUT2D eigenvalue weighted by Gasteiger charge is -2.12. The normalized spacial score (nSPS) is 11.6. The highest BCUT2D eigenvalue weighted by Gasteiger charge is 2.11. The van der Waals surface area contributed by atoms with E-state index in [-0.39, 0.29) is 11.0 Å². The summed E-state index contributed by atoms with van der Waals surface area (Å²) in [4.78, 5) is 12.2. The lowest BCUT2D eigenvalue weighted by molar-refractivity contribution is 0.0977. The number of halogens is 1. The summed E-state index contributed by atoms with van der Waals surface area (Å²) < 4.78 is 0.734. The van der Waals surface area contributed by atoms with E-state index in [0.717, 1.165) is 16.6 Å². The lowest BCUT2D eigenvalue weighted by atomic mass is 9.99. The molecule has 1 amide bonds. The maximum atomic E-state index is 12.2. The van der Waals surface area contributed by atoms with Crippen LogP contribution >= 0.6 is 28.1 Å². The molecule has 0 fully saturated rings. The monoisotopic (exact) mass is 390 g/mol. The summed E-state index contributed by atoms with van der Waals surface area (Å²) in [5, 5.41) is 6.00. The predicted molar refractivity (Wildman–Crippen MR) is 103 cm³/mol. The van der Waals surface area contributed by atoms with Crippen LogP contribution in [0.2, 0.25) is 0 Å². The minimum atomic E-state index is -0.244. The third kappa shape index (κ3) is 4.88. The highest BCUT2D eigenvalue weighted by molar-refractivity contribution is 9.10. The molecule has 120 valence electrons. The van der Waals surface area contributed by atoms with E-state index in [9.17, 15) is 4.79 Å². The van der Waals surface area contributed by atoms with Gasteiger partial charge in [-0.2, -0.15) is 0 Å². The first-order valence-corrected chi connectivity index (χ1v) is 8.68. The third-order valence-corrected chi connectivity index (χ3v) is 4.59. The number of hydrogen-bond acceptors (Lipinski definition) is 2. The summed E-state index contributed by atoms with van der Waals surface area (Å²) in [6.07, 6.45) is 1.10. The van der Waals surface area contributed by atoms with Gasteiger partial charge in [0.2, 0.25) is 0 Å². The Bertz CT molecular complexity index is 700. The van der Waals surface area contributed by atoms with Gasteiger partial charge in [0.15, 0.2) is 5.11 Å². The van der Waals surface area contributed by atoms with E-state index >= 15 is 0 Å². The van der Waals surface area contributed by atoms with Crippen LogP contribution in [-0.4, -0.2) is 11.0 Å². The molecule has 2 rings (SSSR count). The zero-order valence-corrected chi connectivity index (χ0v) is 15.5. The van der Waals surface area contributed by atoms with Crippen LogP contribution in [0, 0.1) is 0 Å².